The molecular formula is C22H38N2O3S2. The minimum atomic E-state index is -0.500. The number of rotatable bonds is 6. The van der Waals surface area contributed by atoms with Gasteiger partial charge in [-0.2, -0.15) is 0 Å². The summed E-state index contributed by atoms with van der Waals surface area (Å²) in [6.45, 7) is 16.1. The topological polar surface area (TPSA) is 87.7 Å². The summed E-state index contributed by atoms with van der Waals surface area (Å²) < 4.78 is 5.72. The summed E-state index contributed by atoms with van der Waals surface area (Å²) in [5.41, 5.74) is 7.04. The first-order valence-electron chi connectivity index (χ1n) is 9.96. The average molecular weight is 443 g/mol. The molecule has 0 bridgehead atoms. The molecule has 0 heterocycles. The Morgan fingerprint density at radius 3 is 1.86 bits per heavy atom. The third-order valence-corrected chi connectivity index (χ3v) is 4.47. The zero-order valence-electron chi connectivity index (χ0n) is 18.9. The summed E-state index contributed by atoms with van der Waals surface area (Å²) in [7, 11) is 0. The maximum absolute atomic E-state index is 10.7. The third kappa shape index (κ3) is 11.2. The zero-order valence-corrected chi connectivity index (χ0v) is 20.5. The van der Waals surface area contributed by atoms with Gasteiger partial charge in [-0.1, -0.05) is 61.3 Å². The van der Waals surface area contributed by atoms with Crippen LogP contribution >= 0.6 is 24.4 Å². The van der Waals surface area contributed by atoms with Gasteiger partial charge in [0.15, 0.2) is 0 Å². The van der Waals surface area contributed by atoms with E-state index in [1.165, 1.54) is 12.8 Å². The second-order valence-corrected chi connectivity index (χ2v) is 9.88. The van der Waals surface area contributed by atoms with Crippen molar-refractivity contribution in [2.75, 3.05) is 6.54 Å². The fourth-order valence-corrected chi connectivity index (χ4v) is 2.85. The summed E-state index contributed by atoms with van der Waals surface area (Å²) in [5.74, 6) is 0.393. The van der Waals surface area contributed by atoms with Gasteiger partial charge >= 0.3 is 0 Å². The van der Waals surface area contributed by atoms with E-state index in [0.717, 1.165) is 29.7 Å². The first-order chi connectivity index (χ1) is 13.2. The quantitative estimate of drug-likeness (QED) is 0.348. The van der Waals surface area contributed by atoms with Crippen LogP contribution in [-0.4, -0.2) is 27.1 Å². The average Bonchev–Trinajstić information content (AvgIpc) is 2.55. The third-order valence-electron chi connectivity index (χ3n) is 4.21. The predicted molar refractivity (Wildman–Crippen MR) is 130 cm³/mol. The lowest BCUT2D eigenvalue weighted by molar-refractivity contribution is 0.285. The molecule has 1 aromatic carbocycles. The standard InChI is InChI=1S/C21H35NO2S.CH3NOS/c1-8-9-10-11-22-19(25)24-14-15-12-16(20(2,3)4)18(23)17(13-15)21(5,6)7;2-1(3)4/h12-13,23H,8-11,14H2,1-7H3,(H,22,25);(H3,2,3,4). The number of nitrogens with one attached hydrogen (secondary N) is 1. The summed E-state index contributed by atoms with van der Waals surface area (Å²) in [6.07, 6.45) is 3.48. The molecule has 0 spiro atoms. The molecule has 0 unspecified atom stereocenters. The van der Waals surface area contributed by atoms with Crippen molar-refractivity contribution in [2.24, 2.45) is 5.73 Å². The highest BCUT2D eigenvalue weighted by Crippen LogP contribution is 2.39. The Morgan fingerprint density at radius 2 is 1.48 bits per heavy atom. The summed E-state index contributed by atoms with van der Waals surface area (Å²) in [4.78, 5) is 0. The molecule has 29 heavy (non-hydrogen) atoms. The van der Waals surface area contributed by atoms with E-state index < -0.39 is 5.17 Å². The molecule has 0 atom stereocenters. The number of hydrogen-bond acceptors (Lipinski definition) is 4. The number of phenols is 1. The molecule has 7 heteroatoms. The van der Waals surface area contributed by atoms with Gasteiger partial charge < -0.3 is 26.0 Å². The lowest BCUT2D eigenvalue weighted by atomic mass is 9.78. The molecule has 0 aliphatic heterocycles. The van der Waals surface area contributed by atoms with E-state index in [1.807, 2.05) is 12.1 Å². The number of benzene rings is 1. The normalized spacial score (nSPS) is 11.3. The fourth-order valence-electron chi connectivity index (χ4n) is 2.69. The van der Waals surface area contributed by atoms with Gasteiger partial charge in [0.2, 0.25) is 0 Å². The number of hydrogen-bond donors (Lipinski definition) is 4. The minimum absolute atomic E-state index is 0.140. The second-order valence-electron chi connectivity index (χ2n) is 9.09. The van der Waals surface area contributed by atoms with Crippen molar-refractivity contribution in [2.45, 2.75) is 85.2 Å². The number of unbranched alkanes of at least 4 members (excludes halogenated alkanes) is 2. The highest BCUT2D eigenvalue weighted by molar-refractivity contribution is 7.80. The zero-order chi connectivity index (χ0) is 22.8. The van der Waals surface area contributed by atoms with Gasteiger partial charge in [0.1, 0.15) is 12.4 Å². The van der Waals surface area contributed by atoms with Crippen molar-refractivity contribution in [1.82, 2.24) is 5.32 Å². The lowest BCUT2D eigenvalue weighted by Gasteiger charge is -2.28. The van der Waals surface area contributed by atoms with Crippen molar-refractivity contribution >= 4 is 34.8 Å². The van der Waals surface area contributed by atoms with Gasteiger partial charge in [0, 0.05) is 6.54 Å². The van der Waals surface area contributed by atoms with Crippen molar-refractivity contribution < 1.29 is 14.9 Å². The van der Waals surface area contributed by atoms with Crippen LogP contribution in [0, 0.1) is 0 Å². The number of aliphatic hydroxyl groups excluding tert-OH is 1. The Bertz CT molecular complexity index is 639. The van der Waals surface area contributed by atoms with Gasteiger partial charge in [-0.25, -0.2) is 0 Å². The number of thiocarbonyl (C=S) groups is 2. The maximum atomic E-state index is 10.7. The van der Waals surface area contributed by atoms with Crippen LogP contribution in [-0.2, 0) is 22.2 Å². The Morgan fingerprint density at radius 1 is 1.03 bits per heavy atom. The van der Waals surface area contributed by atoms with Crippen molar-refractivity contribution in [3.8, 4) is 5.75 Å². The molecule has 0 amide bonds. The van der Waals surface area contributed by atoms with Gasteiger partial charge in [0.05, 0.1) is 0 Å². The van der Waals surface area contributed by atoms with Crippen LogP contribution < -0.4 is 11.1 Å². The monoisotopic (exact) mass is 442 g/mol. The predicted octanol–water partition coefficient (Wildman–Crippen LogP) is 5.36. The highest BCUT2D eigenvalue weighted by atomic mass is 32.1. The van der Waals surface area contributed by atoms with Crippen molar-refractivity contribution in [3.63, 3.8) is 0 Å². The Labute approximate surface area is 187 Å². The molecule has 166 valence electrons. The van der Waals surface area contributed by atoms with Gasteiger partial charge in [0.25, 0.3) is 10.3 Å². The van der Waals surface area contributed by atoms with Gasteiger partial charge in [-0.05, 0) is 70.5 Å². The first-order valence-corrected chi connectivity index (χ1v) is 10.8. The summed E-state index contributed by atoms with van der Waals surface area (Å²) in [6, 6.07) is 4.06. The Balaban J connectivity index is 0.00000178. The number of aliphatic hydroxyl groups is 1. The smallest absolute Gasteiger partial charge is 0.256 e. The SMILES string of the molecule is CCCCCNC(=S)OCc1cc(C(C)(C)C)c(O)c(C(C)(C)C)c1.NC(O)=S. The number of phenolic OH excluding ortho intramolecular Hbond substituents is 1. The molecule has 0 aliphatic rings. The van der Waals surface area contributed by atoms with Crippen LogP contribution in [0.15, 0.2) is 12.1 Å². The first kappa shape index (κ1) is 27.4. The molecule has 0 saturated carbocycles. The van der Waals surface area contributed by atoms with Crippen LogP contribution in [0.2, 0.25) is 0 Å². The maximum Gasteiger partial charge on any atom is 0.256 e. The van der Waals surface area contributed by atoms with E-state index in [0.29, 0.717) is 17.5 Å². The van der Waals surface area contributed by atoms with Crippen molar-refractivity contribution in [3.05, 3.63) is 28.8 Å². The van der Waals surface area contributed by atoms with Crippen LogP contribution in [0.4, 0.5) is 0 Å². The van der Waals surface area contributed by atoms with Crippen molar-refractivity contribution in [1.29, 1.82) is 0 Å². The van der Waals surface area contributed by atoms with Crippen LogP contribution in [0.3, 0.4) is 0 Å². The van der Waals surface area contributed by atoms with E-state index in [9.17, 15) is 5.11 Å². The molecule has 0 aliphatic carbocycles. The number of nitrogens with two attached hydrogens (primary N) is 1. The summed E-state index contributed by atoms with van der Waals surface area (Å²) >= 11 is 9.13. The van der Waals surface area contributed by atoms with E-state index in [1.54, 1.807) is 0 Å². The van der Waals surface area contributed by atoms with Crippen LogP contribution in [0.5, 0.6) is 5.75 Å². The molecule has 0 fully saturated rings. The van der Waals surface area contributed by atoms with E-state index >= 15 is 0 Å². The Kier molecular flexibility index (Phi) is 11.5. The molecule has 5 N–H and O–H groups in total. The molecule has 0 aromatic heterocycles. The molecule has 1 aromatic rings. The minimum Gasteiger partial charge on any atom is -0.507 e. The van der Waals surface area contributed by atoms with E-state index in [4.69, 9.17) is 22.1 Å². The molecular weight excluding hydrogens is 404 g/mol. The fraction of sp³-hybridized carbons (Fsp3) is 0.636. The lowest BCUT2D eigenvalue weighted by Crippen LogP contribution is -2.25. The van der Waals surface area contributed by atoms with E-state index in [-0.39, 0.29) is 10.8 Å². The second kappa shape index (κ2) is 12.2. The number of aromatic hydroxyl groups is 1. The van der Waals surface area contributed by atoms with Gasteiger partial charge in [-0.3, -0.25) is 0 Å². The molecule has 5 nitrogen and oxygen atoms in total. The highest BCUT2D eigenvalue weighted by Gasteiger charge is 2.26. The molecule has 1 rings (SSSR count). The molecule has 0 radical (unpaired) electrons. The van der Waals surface area contributed by atoms with E-state index in [2.05, 4.69) is 71.7 Å². The summed E-state index contributed by atoms with van der Waals surface area (Å²) in [5, 5.41) is 21.4. The number of ether oxygens (including phenoxy) is 1. The molecule has 0 saturated heterocycles. The van der Waals surface area contributed by atoms with Gasteiger partial charge in [-0.15, -0.1) is 0 Å². The van der Waals surface area contributed by atoms with Crippen LogP contribution in [0.1, 0.15) is 84.4 Å². The Hall–Kier alpha value is -1.60. The largest absolute Gasteiger partial charge is 0.507 e. The van der Waals surface area contributed by atoms with Crippen LogP contribution in [0.25, 0.3) is 0 Å².